The van der Waals surface area contributed by atoms with Crippen molar-refractivity contribution in [3.8, 4) is 45.5 Å². The summed E-state index contributed by atoms with van der Waals surface area (Å²) in [4.78, 5) is 19.0. The third-order valence-electron chi connectivity index (χ3n) is 10.5. The number of carbonyl (C=O) groups excluding carboxylic acids is 1. The number of hydrogen-bond donors (Lipinski definition) is 3. The highest BCUT2D eigenvalue weighted by atomic mass is 35.5. The molecule has 2 aliphatic heterocycles. The number of methoxy groups -OCH3 is 3. The first-order chi connectivity index (χ1) is 24.8. The first kappa shape index (κ1) is 33.5. The maximum Gasteiger partial charge on any atom is 0.220 e. The number of nitrogens with one attached hydrogen (secondary N) is 2. The Morgan fingerprint density at radius 2 is 1.71 bits per heavy atom. The van der Waals surface area contributed by atoms with Gasteiger partial charge in [0.15, 0.2) is 0 Å². The molecule has 3 aliphatic rings. The Kier molecular flexibility index (Phi) is 8.83. The van der Waals surface area contributed by atoms with Crippen molar-refractivity contribution in [2.45, 2.75) is 44.5 Å². The first-order valence-electron chi connectivity index (χ1n) is 17.2. The lowest BCUT2D eigenvalue weighted by atomic mass is 9.79. The van der Waals surface area contributed by atoms with E-state index in [1.54, 1.807) is 21.3 Å². The molecule has 3 N–H and O–H groups in total. The Bertz CT molecular complexity index is 2100. The van der Waals surface area contributed by atoms with Gasteiger partial charge in [-0.25, -0.2) is 9.67 Å². The fourth-order valence-corrected chi connectivity index (χ4v) is 8.17. The van der Waals surface area contributed by atoms with Gasteiger partial charge in [0.1, 0.15) is 11.5 Å². The number of aliphatic hydroxyl groups excluding tert-OH is 1. The van der Waals surface area contributed by atoms with E-state index in [0.29, 0.717) is 41.9 Å². The van der Waals surface area contributed by atoms with Crippen LogP contribution in [-0.4, -0.2) is 83.8 Å². The molecule has 5 aromatic rings. The van der Waals surface area contributed by atoms with Gasteiger partial charge in [-0.15, -0.1) is 0 Å². The van der Waals surface area contributed by atoms with Crippen LogP contribution in [0.15, 0.2) is 66.9 Å². The minimum absolute atomic E-state index is 0.0638. The van der Waals surface area contributed by atoms with Crippen molar-refractivity contribution in [2.75, 3.05) is 41.0 Å². The average Bonchev–Trinajstić information content (AvgIpc) is 3.73. The average molecular weight is 709 g/mol. The molecule has 0 bridgehead atoms. The molecule has 1 aliphatic carbocycles. The van der Waals surface area contributed by atoms with Crippen LogP contribution in [0.3, 0.4) is 0 Å². The van der Waals surface area contributed by atoms with E-state index in [1.807, 2.05) is 59.4 Å². The molecule has 12 heteroatoms. The third-order valence-corrected chi connectivity index (χ3v) is 10.9. The van der Waals surface area contributed by atoms with Gasteiger partial charge in [0.25, 0.3) is 0 Å². The zero-order valence-electron chi connectivity index (χ0n) is 28.9. The smallest absolute Gasteiger partial charge is 0.220 e. The van der Waals surface area contributed by atoms with E-state index in [4.69, 9.17) is 35.9 Å². The van der Waals surface area contributed by atoms with E-state index < -0.39 is 0 Å². The normalized spacial score (nSPS) is 19.5. The van der Waals surface area contributed by atoms with Gasteiger partial charge in [0.05, 0.1) is 61.1 Å². The summed E-state index contributed by atoms with van der Waals surface area (Å²) in [5, 5.41) is 22.5. The predicted molar refractivity (Wildman–Crippen MR) is 196 cm³/mol. The quantitative estimate of drug-likeness (QED) is 0.166. The minimum Gasteiger partial charge on any atom is -0.496 e. The fourth-order valence-electron chi connectivity index (χ4n) is 7.84. The van der Waals surface area contributed by atoms with Crippen molar-refractivity contribution in [3.63, 3.8) is 0 Å². The molecule has 3 fully saturated rings. The Balaban J connectivity index is 1.07. The number of rotatable bonds is 11. The Morgan fingerprint density at radius 3 is 2.39 bits per heavy atom. The number of hydrogen-bond acceptors (Lipinski definition) is 9. The summed E-state index contributed by atoms with van der Waals surface area (Å²) in [6, 6.07) is 20.3. The van der Waals surface area contributed by atoms with Crippen LogP contribution in [0.25, 0.3) is 39.0 Å². The number of pyridine rings is 1. The Labute approximate surface area is 301 Å². The molecule has 3 aromatic carbocycles. The molecule has 1 saturated carbocycles. The number of carbonyl (C=O) groups is 1. The Morgan fingerprint density at radius 1 is 0.980 bits per heavy atom. The molecule has 0 unspecified atom stereocenters. The Hall–Kier alpha value is -4.68. The molecule has 2 aromatic heterocycles. The molecule has 8 rings (SSSR count). The standard InChI is InChI=1S/C39H41ClN6O5/c1-49-34-14-25(15-35(50-2)31(34)17-41-24-12-26(47)13-24)46-33-9-5-6-27(30(33)18-43-46)28-7-4-8-29(37(28)40)32-11-10-23(38(44-32)51-3)19-45-21-39(22-45)16-36(48)42-20-39/h4-11,14-15,18,24,26,41,47H,12-13,16-17,19-22H2,1-3H3,(H,42,48)/t24-,26+. The SMILES string of the molecule is COc1cc(-n2ncc3c(-c4cccc(-c5ccc(CN6CC7(CNC(=O)C7)C6)c(OC)n5)c4Cl)cccc32)cc(OC)c1CN[C@H]1C[C@@H](O)C1. The molecule has 51 heavy (non-hydrogen) atoms. The largest absolute Gasteiger partial charge is 0.496 e. The molecular weight excluding hydrogens is 668 g/mol. The second-order valence-corrected chi connectivity index (χ2v) is 14.3. The zero-order chi connectivity index (χ0) is 35.3. The number of nitrogens with zero attached hydrogens (tertiary/aromatic N) is 4. The minimum atomic E-state index is -0.227. The number of fused-ring (bicyclic) bond motifs is 1. The van der Waals surface area contributed by atoms with Crippen LogP contribution in [-0.2, 0) is 17.9 Å². The van der Waals surface area contributed by atoms with Crippen molar-refractivity contribution >= 4 is 28.4 Å². The summed E-state index contributed by atoms with van der Waals surface area (Å²) in [7, 11) is 4.95. The van der Waals surface area contributed by atoms with Crippen molar-refractivity contribution in [1.29, 1.82) is 0 Å². The van der Waals surface area contributed by atoms with Gasteiger partial charge in [-0.1, -0.05) is 48.0 Å². The van der Waals surface area contributed by atoms with E-state index in [0.717, 1.165) is 82.6 Å². The van der Waals surface area contributed by atoms with Crippen LogP contribution in [0.4, 0.5) is 0 Å². The van der Waals surface area contributed by atoms with E-state index in [2.05, 4.69) is 27.7 Å². The van der Waals surface area contributed by atoms with Crippen LogP contribution in [0.2, 0.25) is 5.02 Å². The molecule has 1 amide bonds. The van der Waals surface area contributed by atoms with Crippen LogP contribution in [0, 0.1) is 5.41 Å². The first-order valence-corrected chi connectivity index (χ1v) is 17.6. The zero-order valence-corrected chi connectivity index (χ0v) is 29.7. The van der Waals surface area contributed by atoms with Crippen LogP contribution >= 0.6 is 11.6 Å². The molecular formula is C39H41ClN6O5. The summed E-state index contributed by atoms with van der Waals surface area (Å²) in [5.74, 6) is 2.09. The van der Waals surface area contributed by atoms with Crippen molar-refractivity contribution in [1.82, 2.24) is 30.3 Å². The van der Waals surface area contributed by atoms with E-state index in [1.165, 1.54) is 0 Å². The predicted octanol–water partition coefficient (Wildman–Crippen LogP) is 5.37. The summed E-state index contributed by atoms with van der Waals surface area (Å²) in [5.41, 5.74) is 7.02. The molecule has 2 saturated heterocycles. The summed E-state index contributed by atoms with van der Waals surface area (Å²) < 4.78 is 19.3. The molecule has 4 heterocycles. The third kappa shape index (κ3) is 6.18. The number of benzene rings is 3. The molecule has 11 nitrogen and oxygen atoms in total. The summed E-state index contributed by atoms with van der Waals surface area (Å²) in [6.07, 6.45) is 3.73. The number of likely N-dealkylation sites (tertiary alicyclic amines) is 1. The van der Waals surface area contributed by atoms with E-state index in [9.17, 15) is 9.90 Å². The monoisotopic (exact) mass is 708 g/mol. The highest BCUT2D eigenvalue weighted by Crippen LogP contribution is 2.42. The number of aromatic nitrogens is 3. The van der Waals surface area contributed by atoms with E-state index >= 15 is 0 Å². The molecule has 0 atom stereocenters. The summed E-state index contributed by atoms with van der Waals surface area (Å²) in [6.45, 7) is 3.77. The second kappa shape index (κ2) is 13.5. The van der Waals surface area contributed by atoms with Gasteiger partial charge in [0.2, 0.25) is 11.8 Å². The van der Waals surface area contributed by atoms with Gasteiger partial charge in [0, 0.05) is 84.8 Å². The summed E-state index contributed by atoms with van der Waals surface area (Å²) >= 11 is 7.20. The van der Waals surface area contributed by atoms with E-state index in [-0.39, 0.29) is 23.5 Å². The van der Waals surface area contributed by atoms with Crippen LogP contribution in [0.5, 0.6) is 17.4 Å². The van der Waals surface area contributed by atoms with Crippen molar-refractivity contribution in [2.24, 2.45) is 5.41 Å². The number of halogens is 1. The van der Waals surface area contributed by atoms with Gasteiger partial charge in [-0.3, -0.25) is 9.69 Å². The maximum atomic E-state index is 11.8. The lowest BCUT2D eigenvalue weighted by Crippen LogP contribution is -2.56. The van der Waals surface area contributed by atoms with Crippen molar-refractivity contribution < 1.29 is 24.1 Å². The number of amides is 1. The topological polar surface area (TPSA) is 123 Å². The number of ether oxygens (including phenoxy) is 3. The second-order valence-electron chi connectivity index (χ2n) is 14.0. The van der Waals surface area contributed by atoms with Gasteiger partial charge in [-0.2, -0.15) is 5.10 Å². The number of aliphatic hydroxyl groups is 1. The van der Waals surface area contributed by atoms with Crippen LogP contribution in [0.1, 0.15) is 30.4 Å². The lowest BCUT2D eigenvalue weighted by Gasteiger charge is -2.47. The molecule has 264 valence electrons. The molecule has 1 spiro atoms. The maximum absolute atomic E-state index is 11.8. The lowest BCUT2D eigenvalue weighted by molar-refractivity contribution is -0.120. The van der Waals surface area contributed by atoms with Gasteiger partial charge < -0.3 is 30.0 Å². The van der Waals surface area contributed by atoms with Crippen LogP contribution < -0.4 is 24.8 Å². The highest BCUT2D eigenvalue weighted by Gasteiger charge is 2.48. The van der Waals surface area contributed by atoms with Gasteiger partial charge >= 0.3 is 0 Å². The van der Waals surface area contributed by atoms with Gasteiger partial charge in [-0.05, 0) is 30.5 Å². The molecule has 0 radical (unpaired) electrons. The fraction of sp³-hybridized carbons (Fsp3) is 0.359. The highest BCUT2D eigenvalue weighted by molar-refractivity contribution is 6.36. The van der Waals surface area contributed by atoms with Crippen molar-refractivity contribution in [3.05, 3.63) is 83.0 Å².